The van der Waals surface area contributed by atoms with Gasteiger partial charge in [-0.2, -0.15) is 0 Å². The summed E-state index contributed by atoms with van der Waals surface area (Å²) in [5.74, 6) is 3.79. The lowest BCUT2D eigenvalue weighted by Gasteiger charge is -2.12. The average Bonchev–Trinajstić information content (AvgIpc) is 2.03. The molecule has 12 heavy (non-hydrogen) atoms. The summed E-state index contributed by atoms with van der Waals surface area (Å²) < 4.78 is 0. The van der Waals surface area contributed by atoms with Crippen LogP contribution in [-0.2, 0) is 0 Å². The van der Waals surface area contributed by atoms with Gasteiger partial charge in [0.05, 0.1) is 0 Å². The molecule has 0 aliphatic rings. The van der Waals surface area contributed by atoms with Crippen molar-refractivity contribution in [1.82, 2.24) is 0 Å². The van der Waals surface area contributed by atoms with Crippen LogP contribution in [0.25, 0.3) is 0 Å². The monoisotopic (exact) mass is 164 g/mol. The fraction of sp³-hybridized carbons (Fsp3) is 0.667. The molecular weight excluding hydrogens is 144 g/mol. The van der Waals surface area contributed by atoms with Crippen LogP contribution < -0.4 is 0 Å². The zero-order valence-electron chi connectivity index (χ0n) is 8.72. The van der Waals surface area contributed by atoms with E-state index in [0.29, 0.717) is 11.8 Å². The van der Waals surface area contributed by atoms with Gasteiger partial charge in [-0.25, -0.2) is 0 Å². The molecule has 0 aromatic heterocycles. The Bertz CT molecular complexity index is 179. The van der Waals surface area contributed by atoms with Crippen molar-refractivity contribution in [1.29, 1.82) is 0 Å². The van der Waals surface area contributed by atoms with Crippen molar-refractivity contribution in [2.24, 2.45) is 11.8 Å². The standard InChI is InChI=1S/C12H20/c1-6-8-12(10(3)4)9-11(5)7-2/h2,8,10-11H,6,9H2,1,3-5H3/b12-8+. The Morgan fingerprint density at radius 1 is 1.42 bits per heavy atom. The average molecular weight is 164 g/mol. The molecule has 0 heterocycles. The van der Waals surface area contributed by atoms with Gasteiger partial charge in [-0.15, -0.1) is 12.3 Å². The van der Waals surface area contributed by atoms with Crippen LogP contribution in [0.15, 0.2) is 11.6 Å². The molecule has 0 aliphatic heterocycles. The number of allylic oxidation sites excluding steroid dienone is 2. The van der Waals surface area contributed by atoms with Gasteiger partial charge in [0.2, 0.25) is 0 Å². The summed E-state index contributed by atoms with van der Waals surface area (Å²) in [6, 6.07) is 0. The summed E-state index contributed by atoms with van der Waals surface area (Å²) in [5, 5.41) is 0. The van der Waals surface area contributed by atoms with E-state index < -0.39 is 0 Å². The van der Waals surface area contributed by atoms with Crippen LogP contribution in [0.3, 0.4) is 0 Å². The van der Waals surface area contributed by atoms with E-state index in [4.69, 9.17) is 6.42 Å². The van der Waals surface area contributed by atoms with Crippen molar-refractivity contribution < 1.29 is 0 Å². The molecule has 0 bridgehead atoms. The molecule has 0 radical (unpaired) electrons. The molecular formula is C12H20. The zero-order chi connectivity index (χ0) is 9.56. The van der Waals surface area contributed by atoms with Crippen LogP contribution in [0.1, 0.15) is 40.5 Å². The van der Waals surface area contributed by atoms with Gasteiger partial charge < -0.3 is 0 Å². The molecule has 0 N–H and O–H groups in total. The minimum Gasteiger partial charge on any atom is -0.120 e. The van der Waals surface area contributed by atoms with Gasteiger partial charge in [0.15, 0.2) is 0 Å². The molecule has 68 valence electrons. The van der Waals surface area contributed by atoms with Crippen LogP contribution in [0.2, 0.25) is 0 Å². The van der Waals surface area contributed by atoms with E-state index in [-0.39, 0.29) is 0 Å². The van der Waals surface area contributed by atoms with Crippen LogP contribution in [0.4, 0.5) is 0 Å². The highest BCUT2D eigenvalue weighted by molar-refractivity contribution is 5.09. The third-order valence-electron chi connectivity index (χ3n) is 2.03. The summed E-state index contributed by atoms with van der Waals surface area (Å²) in [6.07, 6.45) is 9.82. The first-order valence-corrected chi connectivity index (χ1v) is 4.76. The molecule has 0 spiro atoms. The topological polar surface area (TPSA) is 0 Å². The lowest BCUT2D eigenvalue weighted by atomic mass is 9.93. The predicted octanol–water partition coefficient (Wildman–Crippen LogP) is 3.64. The lowest BCUT2D eigenvalue weighted by molar-refractivity contribution is 0.640. The Hall–Kier alpha value is -0.700. The maximum atomic E-state index is 5.34. The van der Waals surface area contributed by atoms with Crippen molar-refractivity contribution in [3.63, 3.8) is 0 Å². The molecule has 1 atom stereocenters. The number of hydrogen-bond acceptors (Lipinski definition) is 0. The van der Waals surface area contributed by atoms with Crippen molar-refractivity contribution >= 4 is 0 Å². The van der Waals surface area contributed by atoms with Crippen molar-refractivity contribution in [2.75, 3.05) is 0 Å². The molecule has 0 amide bonds. The summed E-state index contributed by atoms with van der Waals surface area (Å²) in [4.78, 5) is 0. The maximum Gasteiger partial charge on any atom is 0.0209 e. The molecule has 0 rings (SSSR count). The van der Waals surface area contributed by atoms with Gasteiger partial charge in [0.1, 0.15) is 0 Å². The Morgan fingerprint density at radius 2 is 2.00 bits per heavy atom. The molecule has 0 saturated carbocycles. The van der Waals surface area contributed by atoms with Crippen LogP contribution in [0, 0.1) is 24.2 Å². The fourth-order valence-electron chi connectivity index (χ4n) is 1.23. The third-order valence-corrected chi connectivity index (χ3v) is 2.03. The number of terminal acetylenes is 1. The molecule has 0 nitrogen and oxygen atoms in total. The molecule has 0 aliphatic carbocycles. The van der Waals surface area contributed by atoms with Gasteiger partial charge in [-0.1, -0.05) is 39.3 Å². The SMILES string of the molecule is C#CC(C)C/C(=C\CC)C(C)C. The van der Waals surface area contributed by atoms with Crippen molar-refractivity contribution in [3.05, 3.63) is 11.6 Å². The van der Waals surface area contributed by atoms with Gasteiger partial charge in [-0.05, 0) is 18.8 Å². The van der Waals surface area contributed by atoms with Crippen molar-refractivity contribution in [2.45, 2.75) is 40.5 Å². The van der Waals surface area contributed by atoms with Gasteiger partial charge in [0, 0.05) is 5.92 Å². The molecule has 0 heteroatoms. The first-order valence-electron chi connectivity index (χ1n) is 4.76. The molecule has 1 unspecified atom stereocenters. The lowest BCUT2D eigenvalue weighted by Crippen LogP contribution is -2.00. The number of rotatable bonds is 4. The van der Waals surface area contributed by atoms with E-state index in [9.17, 15) is 0 Å². The normalized spacial score (nSPS) is 14.5. The first-order chi connectivity index (χ1) is 5.61. The van der Waals surface area contributed by atoms with Crippen LogP contribution in [0.5, 0.6) is 0 Å². The largest absolute Gasteiger partial charge is 0.120 e. The minimum atomic E-state index is 0.380. The Kier molecular flexibility index (Phi) is 5.54. The molecule has 0 fully saturated rings. The number of hydrogen-bond donors (Lipinski definition) is 0. The maximum absolute atomic E-state index is 5.34. The fourth-order valence-corrected chi connectivity index (χ4v) is 1.23. The van der Waals surface area contributed by atoms with E-state index in [2.05, 4.69) is 39.7 Å². The Labute approximate surface area is 77.1 Å². The molecule has 0 saturated heterocycles. The van der Waals surface area contributed by atoms with E-state index >= 15 is 0 Å². The summed E-state index contributed by atoms with van der Waals surface area (Å²) in [6.45, 7) is 8.73. The second kappa shape index (κ2) is 5.89. The minimum absolute atomic E-state index is 0.380. The summed E-state index contributed by atoms with van der Waals surface area (Å²) >= 11 is 0. The Balaban J connectivity index is 4.17. The highest BCUT2D eigenvalue weighted by atomic mass is 14.1. The van der Waals surface area contributed by atoms with E-state index in [1.165, 1.54) is 5.57 Å². The van der Waals surface area contributed by atoms with E-state index in [1.807, 2.05) is 0 Å². The summed E-state index contributed by atoms with van der Waals surface area (Å²) in [7, 11) is 0. The predicted molar refractivity (Wildman–Crippen MR) is 55.8 cm³/mol. The van der Waals surface area contributed by atoms with E-state index in [1.54, 1.807) is 0 Å². The second-order valence-electron chi connectivity index (χ2n) is 3.61. The van der Waals surface area contributed by atoms with E-state index in [0.717, 1.165) is 12.8 Å². The van der Waals surface area contributed by atoms with Crippen LogP contribution >= 0.6 is 0 Å². The first kappa shape index (κ1) is 11.3. The second-order valence-corrected chi connectivity index (χ2v) is 3.61. The molecule has 0 aromatic rings. The smallest absolute Gasteiger partial charge is 0.0209 e. The summed E-state index contributed by atoms with van der Waals surface area (Å²) in [5.41, 5.74) is 1.50. The molecule has 0 aromatic carbocycles. The zero-order valence-corrected chi connectivity index (χ0v) is 8.72. The van der Waals surface area contributed by atoms with Gasteiger partial charge >= 0.3 is 0 Å². The van der Waals surface area contributed by atoms with Crippen molar-refractivity contribution in [3.8, 4) is 12.3 Å². The Morgan fingerprint density at radius 3 is 2.33 bits per heavy atom. The third kappa shape index (κ3) is 4.23. The highest BCUT2D eigenvalue weighted by Gasteiger charge is 2.05. The van der Waals surface area contributed by atoms with Gasteiger partial charge in [-0.3, -0.25) is 0 Å². The van der Waals surface area contributed by atoms with Crippen LogP contribution in [-0.4, -0.2) is 0 Å². The highest BCUT2D eigenvalue weighted by Crippen LogP contribution is 2.19. The van der Waals surface area contributed by atoms with Gasteiger partial charge in [0.25, 0.3) is 0 Å². The quantitative estimate of drug-likeness (QED) is 0.439.